The fourth-order valence-electron chi connectivity index (χ4n) is 7.69. The van der Waals surface area contributed by atoms with Crippen LogP contribution < -0.4 is 0 Å². The van der Waals surface area contributed by atoms with Gasteiger partial charge in [-0.2, -0.15) is 0 Å². The molecule has 0 saturated carbocycles. The molecule has 284 valence electrons. The van der Waals surface area contributed by atoms with Gasteiger partial charge in [-0.15, -0.1) is 0 Å². The summed E-state index contributed by atoms with van der Waals surface area (Å²) >= 11 is 0. The molecule has 0 spiro atoms. The summed E-state index contributed by atoms with van der Waals surface area (Å²) in [5, 5.41) is 11.3. The molecule has 0 aliphatic carbocycles. The number of nitrogens with zero attached hydrogens (tertiary/aromatic N) is 3. The van der Waals surface area contributed by atoms with Crippen molar-refractivity contribution in [3.05, 3.63) is 168 Å². The van der Waals surface area contributed by atoms with Crippen molar-refractivity contribution in [2.24, 2.45) is 0 Å². The number of fused-ring (bicyclic) bond motifs is 1. The topological polar surface area (TPSA) is 50.9 Å². The lowest BCUT2D eigenvalue weighted by atomic mass is 9.83. The maximum atomic E-state index is 11.3. The minimum absolute atomic E-state index is 0.0848. The number of imidazole rings is 1. The number of aromatic nitrogens is 3. The average molecular weight is 747 g/mol. The summed E-state index contributed by atoms with van der Waals surface area (Å²) < 4.78 is 11.4. The number of phenols is 1. The number of benzene rings is 6. The Morgan fingerprint density at radius 1 is 0.561 bits per heavy atom. The van der Waals surface area contributed by atoms with E-state index in [0.29, 0.717) is 11.4 Å². The Morgan fingerprint density at radius 2 is 1.25 bits per heavy atom. The minimum atomic E-state index is -0.886. The van der Waals surface area contributed by atoms with E-state index in [1.165, 1.54) is 11.1 Å². The molecule has 0 fully saturated rings. The first kappa shape index (κ1) is 36.4. The highest BCUT2D eigenvalue weighted by molar-refractivity contribution is 5.97. The van der Waals surface area contributed by atoms with E-state index in [0.717, 1.165) is 66.9 Å². The third-order valence-corrected chi connectivity index (χ3v) is 11.0. The van der Waals surface area contributed by atoms with E-state index in [1.54, 1.807) is 6.07 Å². The Balaban J connectivity index is 1.33. The van der Waals surface area contributed by atoms with Crippen molar-refractivity contribution < 1.29 is 6.48 Å². The number of hydrogen-bond donors (Lipinski definition) is 1. The van der Waals surface area contributed by atoms with Crippen molar-refractivity contribution in [2.75, 3.05) is 0 Å². The van der Waals surface area contributed by atoms with E-state index in [-0.39, 0.29) is 16.6 Å². The van der Waals surface area contributed by atoms with Gasteiger partial charge in [-0.1, -0.05) is 146 Å². The van der Waals surface area contributed by atoms with Crippen molar-refractivity contribution in [3.63, 3.8) is 0 Å². The van der Waals surface area contributed by atoms with Crippen molar-refractivity contribution in [2.45, 2.75) is 72.1 Å². The van der Waals surface area contributed by atoms with Gasteiger partial charge in [-0.3, -0.25) is 9.55 Å². The van der Waals surface area contributed by atoms with Gasteiger partial charge in [-0.25, -0.2) is 4.98 Å². The lowest BCUT2D eigenvalue weighted by Gasteiger charge is -2.22. The van der Waals surface area contributed by atoms with Crippen molar-refractivity contribution >= 4 is 11.0 Å². The van der Waals surface area contributed by atoms with E-state index in [2.05, 4.69) is 149 Å². The van der Waals surface area contributed by atoms with Crippen LogP contribution in [0.3, 0.4) is 0 Å². The van der Waals surface area contributed by atoms with E-state index >= 15 is 0 Å². The Labute approximate surface area is 339 Å². The Bertz CT molecular complexity index is 2780. The predicted octanol–water partition coefficient (Wildman–Crippen LogP) is 14.2. The van der Waals surface area contributed by atoms with Crippen LogP contribution in [0.1, 0.15) is 79.3 Å². The average Bonchev–Trinajstić information content (AvgIpc) is 3.60. The number of pyridine rings is 1. The van der Waals surface area contributed by atoms with Crippen LogP contribution in [-0.4, -0.2) is 19.6 Å². The lowest BCUT2D eigenvalue weighted by Crippen LogP contribution is -2.11. The van der Waals surface area contributed by atoms with Gasteiger partial charge in [0.2, 0.25) is 0 Å². The third kappa shape index (κ3) is 7.40. The van der Waals surface area contributed by atoms with Gasteiger partial charge in [0.15, 0.2) is 0 Å². The summed E-state index contributed by atoms with van der Waals surface area (Å²) in [5.41, 5.74) is 14.9. The van der Waals surface area contributed by atoms with Crippen molar-refractivity contribution in [1.29, 1.82) is 0 Å². The molecule has 57 heavy (non-hydrogen) atoms. The second-order valence-corrected chi connectivity index (χ2v) is 17.4. The molecule has 8 aromatic rings. The summed E-state index contributed by atoms with van der Waals surface area (Å²) in [4.78, 5) is 10.3. The van der Waals surface area contributed by atoms with Crippen LogP contribution in [0.2, 0.25) is 0 Å². The van der Waals surface area contributed by atoms with Gasteiger partial charge in [-0.05, 0) is 116 Å². The molecule has 0 radical (unpaired) electrons. The van der Waals surface area contributed by atoms with Crippen LogP contribution in [0.4, 0.5) is 0 Å². The lowest BCUT2D eigenvalue weighted by molar-refractivity contribution is 0.477. The van der Waals surface area contributed by atoms with E-state index in [1.807, 2.05) is 56.4 Å². The summed E-state index contributed by atoms with van der Waals surface area (Å²) in [6.45, 7) is 17.3. The highest BCUT2D eigenvalue weighted by Crippen LogP contribution is 2.41. The SMILES string of the molecule is [2H]C(C)(C)c1cc(-n2c(-c3ccccc3O)nc3c(-c4cc(-c5cc(-c6ccc(C(C)(C)C)cc6)ccn5)cc(C(C)(C)C)c4)cccc32)ccc1-c1ccccc1. The summed E-state index contributed by atoms with van der Waals surface area (Å²) in [5.74, 6) is -0.109. The van der Waals surface area contributed by atoms with Crippen molar-refractivity contribution in [1.82, 2.24) is 14.5 Å². The number of aromatic hydroxyl groups is 1. The van der Waals surface area contributed by atoms with Crippen LogP contribution in [0, 0.1) is 0 Å². The first-order valence-electron chi connectivity index (χ1n) is 20.3. The molecule has 0 aliphatic rings. The maximum Gasteiger partial charge on any atom is 0.149 e. The summed E-state index contributed by atoms with van der Waals surface area (Å²) in [7, 11) is 0. The molecule has 0 aliphatic heterocycles. The molecule has 0 saturated heterocycles. The van der Waals surface area contributed by atoms with Crippen LogP contribution in [-0.2, 0) is 10.8 Å². The van der Waals surface area contributed by atoms with Crippen LogP contribution >= 0.6 is 0 Å². The smallest absolute Gasteiger partial charge is 0.149 e. The molecule has 0 amide bonds. The van der Waals surface area contributed by atoms with Crippen molar-refractivity contribution in [3.8, 4) is 67.5 Å². The van der Waals surface area contributed by atoms with E-state index < -0.39 is 5.89 Å². The highest BCUT2D eigenvalue weighted by Gasteiger charge is 2.23. The number of phenolic OH excluding ortho intramolecular Hbond substituents is 1. The molecule has 0 atom stereocenters. The Kier molecular flexibility index (Phi) is 9.37. The molecule has 6 aromatic carbocycles. The van der Waals surface area contributed by atoms with Crippen LogP contribution in [0.25, 0.3) is 72.7 Å². The summed E-state index contributed by atoms with van der Waals surface area (Å²) in [6, 6.07) is 50.2. The maximum absolute atomic E-state index is 11.3. The standard InChI is InChI=1S/C53H51N3O/c1-34(2)46-33-42(25-26-43(46)36-15-10-9-11-16-36)56-48-19-14-18-44(50(48)55-51(56)45-17-12-13-20-49(45)57)38-29-39(31-41(30-38)53(6,7)8)47-32-37(27-28-54-47)35-21-23-40(24-22-35)52(3,4)5/h9-34,57H,1-8H3/i34D. The second kappa shape index (κ2) is 14.7. The zero-order valence-electron chi connectivity index (χ0n) is 35.2. The predicted molar refractivity (Wildman–Crippen MR) is 239 cm³/mol. The second-order valence-electron chi connectivity index (χ2n) is 17.4. The first-order valence-corrected chi connectivity index (χ1v) is 19.8. The third-order valence-electron chi connectivity index (χ3n) is 11.0. The molecule has 4 nitrogen and oxygen atoms in total. The minimum Gasteiger partial charge on any atom is -0.507 e. The Hall–Kier alpha value is -6.26. The largest absolute Gasteiger partial charge is 0.507 e. The van der Waals surface area contributed by atoms with Gasteiger partial charge in [0.05, 0.1) is 22.3 Å². The van der Waals surface area contributed by atoms with E-state index in [4.69, 9.17) is 9.97 Å². The molecule has 4 heteroatoms. The molecule has 8 rings (SSSR count). The van der Waals surface area contributed by atoms with Crippen LogP contribution in [0.15, 0.2) is 152 Å². The molecule has 1 N–H and O–H groups in total. The fraction of sp³-hybridized carbons (Fsp3) is 0.208. The Morgan fingerprint density at radius 3 is 1.95 bits per heavy atom. The normalized spacial score (nSPS) is 12.5. The monoisotopic (exact) mass is 746 g/mol. The van der Waals surface area contributed by atoms with Gasteiger partial charge in [0.1, 0.15) is 11.6 Å². The molecule has 2 aromatic heterocycles. The van der Waals surface area contributed by atoms with Crippen LogP contribution in [0.5, 0.6) is 5.75 Å². The first-order chi connectivity index (χ1) is 27.6. The number of rotatable bonds is 7. The highest BCUT2D eigenvalue weighted by atomic mass is 16.3. The molecular weight excluding hydrogens is 695 g/mol. The van der Waals surface area contributed by atoms with Gasteiger partial charge < -0.3 is 5.11 Å². The molecule has 2 heterocycles. The number of hydrogen-bond acceptors (Lipinski definition) is 3. The summed E-state index contributed by atoms with van der Waals surface area (Å²) in [6.07, 6.45) is 1.91. The van der Waals surface area contributed by atoms with Gasteiger partial charge >= 0.3 is 0 Å². The van der Waals surface area contributed by atoms with E-state index in [9.17, 15) is 6.48 Å². The van der Waals surface area contributed by atoms with Gasteiger partial charge in [0, 0.05) is 24.4 Å². The zero-order valence-corrected chi connectivity index (χ0v) is 34.2. The quantitative estimate of drug-likeness (QED) is 0.177. The molecular formula is C53H51N3O. The fourth-order valence-corrected chi connectivity index (χ4v) is 7.69. The van der Waals surface area contributed by atoms with Gasteiger partial charge in [0.25, 0.3) is 0 Å². The molecule has 0 bridgehead atoms. The number of para-hydroxylation sites is 2. The molecule has 0 unspecified atom stereocenters. The zero-order chi connectivity index (χ0) is 41.0.